The van der Waals surface area contributed by atoms with Crippen LogP contribution in [0, 0.1) is 16.0 Å². The topological polar surface area (TPSA) is 76.2 Å². The number of aryl methyl sites for hydroxylation is 1. The summed E-state index contributed by atoms with van der Waals surface area (Å²) in [5, 5.41) is 14.1. The predicted molar refractivity (Wildman–Crippen MR) is 85.1 cm³/mol. The quantitative estimate of drug-likeness (QED) is 0.677. The minimum absolute atomic E-state index is 0.111. The lowest BCUT2D eigenvalue weighted by Crippen LogP contribution is -2.22. The number of anilines is 2. The summed E-state index contributed by atoms with van der Waals surface area (Å²) in [6.07, 6.45) is 2.54. The molecular formula is C15H19N5O2. The number of aromatic nitrogens is 2. The number of imidazole rings is 1. The van der Waals surface area contributed by atoms with Crippen LogP contribution in [0.3, 0.4) is 0 Å². The maximum absolute atomic E-state index is 10.9. The summed E-state index contributed by atoms with van der Waals surface area (Å²) in [7, 11) is 1.76. The van der Waals surface area contributed by atoms with Crippen LogP contribution >= 0.6 is 0 Å². The summed E-state index contributed by atoms with van der Waals surface area (Å²) in [6, 6.07) is 10.3. The molecule has 7 heteroatoms. The Bertz CT molecular complexity index is 655. The summed E-state index contributed by atoms with van der Waals surface area (Å²) < 4.78 is 1.65. The molecule has 0 radical (unpaired) electrons. The van der Waals surface area contributed by atoms with Gasteiger partial charge in [0.15, 0.2) is 0 Å². The second kappa shape index (κ2) is 6.05. The number of hydrogen-bond acceptors (Lipinski definition) is 5. The van der Waals surface area contributed by atoms with Crippen molar-refractivity contribution in [1.29, 1.82) is 0 Å². The van der Waals surface area contributed by atoms with E-state index in [1.54, 1.807) is 11.6 Å². The molecule has 0 amide bonds. The van der Waals surface area contributed by atoms with Crippen LogP contribution < -0.4 is 10.2 Å². The normalized spacial score (nSPS) is 17.7. The van der Waals surface area contributed by atoms with Gasteiger partial charge in [0.1, 0.15) is 0 Å². The Kier molecular flexibility index (Phi) is 3.95. The minimum Gasteiger partial charge on any atom is -0.371 e. The van der Waals surface area contributed by atoms with Gasteiger partial charge in [0.05, 0.1) is 0 Å². The zero-order valence-corrected chi connectivity index (χ0v) is 12.5. The SMILES string of the molecule is Cn1cnc([N+](=O)[O-])c1NC[C@@H]1CCN(c2ccccc2)C1. The van der Waals surface area contributed by atoms with Crippen molar-refractivity contribution in [3.05, 3.63) is 46.8 Å². The van der Waals surface area contributed by atoms with Gasteiger partial charge in [0.2, 0.25) is 12.1 Å². The summed E-state index contributed by atoms with van der Waals surface area (Å²) in [5.74, 6) is 0.832. The van der Waals surface area contributed by atoms with E-state index in [9.17, 15) is 10.1 Å². The molecular weight excluding hydrogens is 282 g/mol. The van der Waals surface area contributed by atoms with Gasteiger partial charge < -0.3 is 20.3 Å². The number of nitrogens with zero attached hydrogens (tertiary/aromatic N) is 4. The zero-order valence-electron chi connectivity index (χ0n) is 12.5. The highest BCUT2D eigenvalue weighted by atomic mass is 16.6. The van der Waals surface area contributed by atoms with Crippen LogP contribution in [0.25, 0.3) is 0 Å². The lowest BCUT2D eigenvalue weighted by atomic mass is 10.1. The molecule has 1 N–H and O–H groups in total. The molecule has 0 aliphatic carbocycles. The molecule has 1 aliphatic heterocycles. The van der Waals surface area contributed by atoms with Crippen molar-refractivity contribution in [2.45, 2.75) is 6.42 Å². The van der Waals surface area contributed by atoms with E-state index >= 15 is 0 Å². The maximum Gasteiger partial charge on any atom is 0.406 e. The van der Waals surface area contributed by atoms with Crippen LogP contribution in [-0.2, 0) is 7.05 Å². The van der Waals surface area contributed by atoms with Crippen molar-refractivity contribution in [2.75, 3.05) is 29.9 Å². The predicted octanol–water partition coefficient (Wildman–Crippen LogP) is 2.27. The van der Waals surface area contributed by atoms with Crippen LogP contribution in [0.2, 0.25) is 0 Å². The Morgan fingerprint density at radius 2 is 2.18 bits per heavy atom. The van der Waals surface area contributed by atoms with Crippen molar-refractivity contribution in [2.24, 2.45) is 13.0 Å². The molecule has 3 rings (SSSR count). The fourth-order valence-electron chi connectivity index (χ4n) is 2.87. The van der Waals surface area contributed by atoms with Crippen LogP contribution in [0.4, 0.5) is 17.3 Å². The van der Waals surface area contributed by atoms with Crippen LogP contribution in [0.5, 0.6) is 0 Å². The average molecular weight is 301 g/mol. The van der Waals surface area contributed by atoms with E-state index in [4.69, 9.17) is 0 Å². The fourth-order valence-corrected chi connectivity index (χ4v) is 2.87. The summed E-state index contributed by atoms with van der Waals surface area (Å²) in [6.45, 7) is 2.69. The molecule has 0 saturated carbocycles. The van der Waals surface area contributed by atoms with E-state index in [0.29, 0.717) is 18.3 Å². The lowest BCUT2D eigenvalue weighted by molar-refractivity contribution is -0.388. The van der Waals surface area contributed by atoms with Crippen molar-refractivity contribution >= 4 is 17.3 Å². The molecule has 1 atom stereocenters. The second-order valence-electron chi connectivity index (χ2n) is 5.60. The molecule has 1 fully saturated rings. The van der Waals surface area contributed by atoms with Crippen molar-refractivity contribution < 1.29 is 4.92 Å². The lowest BCUT2D eigenvalue weighted by Gasteiger charge is -2.18. The second-order valence-corrected chi connectivity index (χ2v) is 5.60. The fraction of sp³-hybridized carbons (Fsp3) is 0.400. The molecule has 1 aliphatic rings. The van der Waals surface area contributed by atoms with Crippen LogP contribution in [-0.4, -0.2) is 34.1 Å². The third-order valence-corrected chi connectivity index (χ3v) is 4.06. The Morgan fingerprint density at radius 3 is 2.91 bits per heavy atom. The van der Waals surface area contributed by atoms with Crippen LogP contribution in [0.1, 0.15) is 6.42 Å². The molecule has 1 aromatic heterocycles. The zero-order chi connectivity index (χ0) is 15.5. The highest BCUT2D eigenvalue weighted by Crippen LogP contribution is 2.25. The Labute approximate surface area is 128 Å². The Hall–Kier alpha value is -2.57. The first-order chi connectivity index (χ1) is 10.6. The van der Waals surface area contributed by atoms with Crippen molar-refractivity contribution in [1.82, 2.24) is 9.55 Å². The van der Waals surface area contributed by atoms with Gasteiger partial charge in [-0.1, -0.05) is 18.2 Å². The number of rotatable bonds is 5. The highest BCUT2D eigenvalue weighted by molar-refractivity contribution is 5.52. The van der Waals surface area contributed by atoms with Gasteiger partial charge in [-0.05, 0) is 34.4 Å². The van der Waals surface area contributed by atoms with E-state index in [1.165, 1.54) is 12.0 Å². The smallest absolute Gasteiger partial charge is 0.371 e. The summed E-state index contributed by atoms with van der Waals surface area (Å²) >= 11 is 0. The number of nitrogens with one attached hydrogen (secondary N) is 1. The monoisotopic (exact) mass is 301 g/mol. The molecule has 22 heavy (non-hydrogen) atoms. The highest BCUT2D eigenvalue weighted by Gasteiger charge is 2.25. The van der Waals surface area contributed by atoms with Gasteiger partial charge in [-0.25, -0.2) is 0 Å². The molecule has 0 spiro atoms. The number of benzene rings is 1. The van der Waals surface area contributed by atoms with E-state index in [2.05, 4.69) is 27.3 Å². The van der Waals surface area contributed by atoms with Crippen molar-refractivity contribution in [3.8, 4) is 0 Å². The number of para-hydroxylation sites is 1. The average Bonchev–Trinajstić information content (AvgIpc) is 3.13. The van der Waals surface area contributed by atoms with Gasteiger partial charge in [-0.3, -0.25) is 4.57 Å². The Balaban J connectivity index is 1.60. The van der Waals surface area contributed by atoms with E-state index < -0.39 is 4.92 Å². The van der Waals surface area contributed by atoms with Gasteiger partial charge in [-0.2, -0.15) is 0 Å². The van der Waals surface area contributed by atoms with Gasteiger partial charge in [0.25, 0.3) is 0 Å². The summed E-state index contributed by atoms with van der Waals surface area (Å²) in [4.78, 5) is 16.7. The standard InChI is InChI=1S/C15H19N5O2/c1-18-11-17-15(20(21)22)14(18)16-9-12-7-8-19(10-12)13-5-3-2-4-6-13/h2-6,11-12,16H,7-10H2,1H3/t12-/m0/s1. The molecule has 0 bridgehead atoms. The first-order valence-electron chi connectivity index (χ1n) is 7.34. The first kappa shape index (κ1) is 14.4. The molecule has 2 aromatic rings. The molecule has 1 saturated heterocycles. The molecule has 116 valence electrons. The van der Waals surface area contributed by atoms with Gasteiger partial charge in [-0.15, -0.1) is 0 Å². The third-order valence-electron chi connectivity index (χ3n) is 4.06. The minimum atomic E-state index is -0.451. The third kappa shape index (κ3) is 2.88. The molecule has 2 heterocycles. The first-order valence-corrected chi connectivity index (χ1v) is 7.34. The number of nitro groups is 1. The van der Waals surface area contributed by atoms with Gasteiger partial charge in [0, 0.05) is 32.4 Å². The molecule has 7 nitrogen and oxygen atoms in total. The molecule has 1 aromatic carbocycles. The van der Waals surface area contributed by atoms with E-state index in [-0.39, 0.29) is 5.82 Å². The Morgan fingerprint density at radius 1 is 1.41 bits per heavy atom. The largest absolute Gasteiger partial charge is 0.406 e. The summed E-state index contributed by atoms with van der Waals surface area (Å²) in [5.41, 5.74) is 1.23. The van der Waals surface area contributed by atoms with E-state index in [0.717, 1.165) is 19.5 Å². The van der Waals surface area contributed by atoms with Crippen molar-refractivity contribution in [3.63, 3.8) is 0 Å². The molecule has 0 unspecified atom stereocenters. The van der Waals surface area contributed by atoms with Crippen LogP contribution in [0.15, 0.2) is 36.7 Å². The maximum atomic E-state index is 10.9. The van der Waals surface area contributed by atoms with E-state index in [1.807, 2.05) is 18.2 Å². The van der Waals surface area contributed by atoms with Gasteiger partial charge >= 0.3 is 5.82 Å². The number of hydrogen-bond donors (Lipinski definition) is 1.